The third kappa shape index (κ3) is 3.69. The van der Waals surface area contributed by atoms with Gasteiger partial charge in [-0.2, -0.15) is 0 Å². The second-order valence-corrected chi connectivity index (χ2v) is 8.78. The van der Waals surface area contributed by atoms with E-state index in [0.29, 0.717) is 23.1 Å². The van der Waals surface area contributed by atoms with Gasteiger partial charge in [-0.3, -0.25) is 9.59 Å². The molecule has 2 aliphatic heterocycles. The fourth-order valence-corrected chi connectivity index (χ4v) is 5.21. The maximum atomic E-state index is 13.1. The van der Waals surface area contributed by atoms with E-state index in [4.69, 9.17) is 4.74 Å². The van der Waals surface area contributed by atoms with Crippen molar-refractivity contribution in [2.75, 3.05) is 19.6 Å². The van der Waals surface area contributed by atoms with E-state index in [9.17, 15) is 9.59 Å². The van der Waals surface area contributed by atoms with Crippen LogP contribution in [0.25, 0.3) is 0 Å². The average Bonchev–Trinajstić information content (AvgIpc) is 3.30. The molecule has 0 unspecified atom stereocenters. The number of hydrogen-bond acceptors (Lipinski definition) is 3. The molecular weight excluding hydrogens is 376 g/mol. The van der Waals surface area contributed by atoms with Gasteiger partial charge in [-0.05, 0) is 49.6 Å². The number of ether oxygens (including phenoxy) is 1. The molecule has 2 amide bonds. The SMILES string of the molecule is O=C(C1CCCC1)N1CC[C@H]2[C@@H](C1)CN2C(=O)c1cccc(Oc2ccccc2)c1. The van der Waals surface area contributed by atoms with Crippen LogP contribution in [0.4, 0.5) is 0 Å². The lowest BCUT2D eigenvalue weighted by Crippen LogP contribution is -2.65. The van der Waals surface area contributed by atoms with Crippen LogP contribution in [0.2, 0.25) is 0 Å². The molecule has 2 aromatic carbocycles. The van der Waals surface area contributed by atoms with E-state index in [0.717, 1.165) is 44.6 Å². The number of amides is 2. The van der Waals surface area contributed by atoms with Crippen LogP contribution < -0.4 is 4.74 Å². The lowest BCUT2D eigenvalue weighted by atomic mass is 9.81. The van der Waals surface area contributed by atoms with Crippen LogP contribution in [0, 0.1) is 11.8 Å². The van der Waals surface area contributed by atoms with E-state index >= 15 is 0 Å². The van der Waals surface area contributed by atoms with Gasteiger partial charge in [0.15, 0.2) is 0 Å². The minimum atomic E-state index is 0.0605. The molecule has 1 aliphatic carbocycles. The highest BCUT2D eigenvalue weighted by Gasteiger charge is 2.46. The molecular formula is C25H28N2O3. The predicted octanol–water partition coefficient (Wildman–Crippen LogP) is 4.34. The lowest BCUT2D eigenvalue weighted by Gasteiger charge is -2.53. The maximum absolute atomic E-state index is 13.1. The second-order valence-electron chi connectivity index (χ2n) is 8.78. The number of piperidine rings is 1. The van der Waals surface area contributed by atoms with Crippen molar-refractivity contribution in [2.45, 2.75) is 38.1 Å². The Hall–Kier alpha value is -2.82. The summed E-state index contributed by atoms with van der Waals surface area (Å²) >= 11 is 0. The number of carbonyl (C=O) groups excluding carboxylic acids is 2. The zero-order valence-electron chi connectivity index (χ0n) is 17.2. The molecule has 0 radical (unpaired) electrons. The molecule has 2 aromatic rings. The maximum Gasteiger partial charge on any atom is 0.254 e. The Morgan fingerprint density at radius 1 is 0.867 bits per heavy atom. The monoisotopic (exact) mass is 404 g/mol. The smallest absolute Gasteiger partial charge is 0.254 e. The predicted molar refractivity (Wildman–Crippen MR) is 114 cm³/mol. The molecule has 2 saturated heterocycles. The zero-order valence-corrected chi connectivity index (χ0v) is 17.2. The van der Waals surface area contributed by atoms with Crippen molar-refractivity contribution in [1.82, 2.24) is 9.80 Å². The van der Waals surface area contributed by atoms with Gasteiger partial charge >= 0.3 is 0 Å². The van der Waals surface area contributed by atoms with Crippen LogP contribution in [0.3, 0.4) is 0 Å². The number of carbonyl (C=O) groups is 2. The molecule has 156 valence electrons. The van der Waals surface area contributed by atoms with Gasteiger partial charge in [-0.15, -0.1) is 0 Å². The third-order valence-electron chi connectivity index (χ3n) is 6.86. The number of para-hydroxylation sites is 1. The quantitative estimate of drug-likeness (QED) is 0.762. The summed E-state index contributed by atoms with van der Waals surface area (Å²) in [5, 5.41) is 0. The summed E-state index contributed by atoms with van der Waals surface area (Å²) in [7, 11) is 0. The first kappa shape index (κ1) is 19.2. The highest BCUT2D eigenvalue weighted by atomic mass is 16.5. The fraction of sp³-hybridized carbons (Fsp3) is 0.440. The summed E-state index contributed by atoms with van der Waals surface area (Å²) in [4.78, 5) is 29.9. The van der Waals surface area contributed by atoms with E-state index in [1.165, 1.54) is 12.8 Å². The largest absolute Gasteiger partial charge is 0.457 e. The summed E-state index contributed by atoms with van der Waals surface area (Å²) in [6.07, 6.45) is 5.36. The molecule has 3 aliphatic rings. The standard InChI is InChI=1S/C25H28N2O3/c28-24(18-7-4-5-8-18)26-14-13-23-20(16-26)17-27(23)25(29)19-9-6-12-22(15-19)30-21-10-2-1-3-11-21/h1-3,6,9-12,15,18,20,23H,4-5,7-8,13-14,16-17H2/t20-,23-/m0/s1. The minimum absolute atomic E-state index is 0.0605. The number of rotatable bonds is 4. The van der Waals surface area contributed by atoms with Crippen LogP contribution >= 0.6 is 0 Å². The Kier molecular flexibility index (Phi) is 5.19. The number of fused-ring (bicyclic) bond motifs is 1. The van der Waals surface area contributed by atoms with E-state index in [2.05, 4.69) is 4.90 Å². The van der Waals surface area contributed by atoms with E-state index in [1.54, 1.807) is 0 Å². The molecule has 0 N–H and O–H groups in total. The molecule has 5 heteroatoms. The van der Waals surface area contributed by atoms with Gasteiger partial charge in [-0.1, -0.05) is 37.1 Å². The van der Waals surface area contributed by atoms with Crippen molar-refractivity contribution >= 4 is 11.8 Å². The number of nitrogens with zero attached hydrogens (tertiary/aromatic N) is 2. The number of benzene rings is 2. The topological polar surface area (TPSA) is 49.9 Å². The number of likely N-dealkylation sites (tertiary alicyclic amines) is 2. The summed E-state index contributed by atoms with van der Waals surface area (Å²) in [6.45, 7) is 2.32. The Bertz CT molecular complexity index is 923. The Morgan fingerprint density at radius 3 is 2.40 bits per heavy atom. The molecule has 1 saturated carbocycles. The Labute approximate surface area is 177 Å². The second kappa shape index (κ2) is 8.13. The van der Waals surface area contributed by atoms with Crippen molar-refractivity contribution in [3.05, 3.63) is 60.2 Å². The summed E-state index contributed by atoms with van der Waals surface area (Å²) in [6, 6.07) is 17.3. The lowest BCUT2D eigenvalue weighted by molar-refractivity contribution is -0.140. The highest BCUT2D eigenvalue weighted by molar-refractivity contribution is 5.95. The van der Waals surface area contributed by atoms with Gasteiger partial charge in [0.1, 0.15) is 11.5 Å². The molecule has 0 bridgehead atoms. The van der Waals surface area contributed by atoms with Crippen molar-refractivity contribution in [3.8, 4) is 11.5 Å². The molecule has 5 rings (SSSR count). The third-order valence-corrected chi connectivity index (χ3v) is 6.86. The van der Waals surface area contributed by atoms with E-state index < -0.39 is 0 Å². The Morgan fingerprint density at radius 2 is 1.63 bits per heavy atom. The molecule has 0 spiro atoms. The molecule has 2 atom stereocenters. The van der Waals surface area contributed by atoms with Gasteiger partial charge in [0.05, 0.1) is 0 Å². The molecule has 5 nitrogen and oxygen atoms in total. The molecule has 30 heavy (non-hydrogen) atoms. The van der Waals surface area contributed by atoms with E-state index in [-0.39, 0.29) is 17.9 Å². The van der Waals surface area contributed by atoms with Crippen molar-refractivity contribution in [3.63, 3.8) is 0 Å². The van der Waals surface area contributed by atoms with Crippen LogP contribution in [-0.4, -0.2) is 47.3 Å². The Balaban J connectivity index is 1.20. The minimum Gasteiger partial charge on any atom is -0.457 e. The van der Waals surface area contributed by atoms with Crippen LogP contribution in [0.1, 0.15) is 42.5 Å². The van der Waals surface area contributed by atoms with E-state index in [1.807, 2.05) is 59.5 Å². The zero-order chi connectivity index (χ0) is 20.5. The summed E-state index contributed by atoms with van der Waals surface area (Å²) in [5.41, 5.74) is 0.659. The summed E-state index contributed by atoms with van der Waals surface area (Å²) < 4.78 is 5.88. The number of hydrogen-bond donors (Lipinski definition) is 0. The van der Waals surface area contributed by atoms with Crippen LogP contribution in [-0.2, 0) is 4.79 Å². The van der Waals surface area contributed by atoms with Gasteiger partial charge in [0.25, 0.3) is 5.91 Å². The van der Waals surface area contributed by atoms with Crippen LogP contribution in [0.5, 0.6) is 11.5 Å². The molecule has 0 aromatic heterocycles. The average molecular weight is 405 g/mol. The van der Waals surface area contributed by atoms with Gasteiger partial charge < -0.3 is 14.5 Å². The highest BCUT2D eigenvalue weighted by Crippen LogP contribution is 2.36. The molecule has 2 heterocycles. The van der Waals surface area contributed by atoms with Gasteiger partial charge in [-0.25, -0.2) is 0 Å². The van der Waals surface area contributed by atoms with Crippen molar-refractivity contribution < 1.29 is 14.3 Å². The van der Waals surface area contributed by atoms with Crippen molar-refractivity contribution in [2.24, 2.45) is 11.8 Å². The first-order valence-corrected chi connectivity index (χ1v) is 11.1. The van der Waals surface area contributed by atoms with Crippen molar-refractivity contribution in [1.29, 1.82) is 0 Å². The van der Waals surface area contributed by atoms with Crippen LogP contribution in [0.15, 0.2) is 54.6 Å². The normalized spacial score (nSPS) is 23.6. The fourth-order valence-electron chi connectivity index (χ4n) is 5.21. The first-order chi connectivity index (χ1) is 14.7. The van der Waals surface area contributed by atoms with Gasteiger partial charge in [0.2, 0.25) is 5.91 Å². The van der Waals surface area contributed by atoms with Gasteiger partial charge in [0, 0.05) is 43.1 Å². The summed E-state index contributed by atoms with van der Waals surface area (Å²) in [5.74, 6) is 2.49. The molecule has 3 fully saturated rings. The first-order valence-electron chi connectivity index (χ1n) is 11.1.